The minimum Gasteiger partial charge on any atom is -0.435 e. The molecule has 84 valence electrons. The number of anilines is 1. The second-order valence-corrected chi connectivity index (χ2v) is 3.38. The van der Waals surface area contributed by atoms with Crippen LogP contribution < -0.4 is 10.1 Å². The van der Waals surface area contributed by atoms with E-state index in [0.29, 0.717) is 17.6 Å². The molecule has 0 aliphatic rings. The molecule has 0 bridgehead atoms. The molecule has 0 aliphatic heterocycles. The number of aromatic nitrogens is 4. The van der Waals surface area contributed by atoms with Gasteiger partial charge in [0.1, 0.15) is 0 Å². The topological polar surface area (TPSA) is 64.9 Å². The van der Waals surface area contributed by atoms with Crippen LogP contribution in [0.4, 0.5) is 5.95 Å². The molecule has 0 fully saturated rings. The van der Waals surface area contributed by atoms with Crippen LogP contribution in [0, 0.1) is 6.92 Å². The van der Waals surface area contributed by atoms with Gasteiger partial charge in [-0.3, -0.25) is 4.68 Å². The van der Waals surface area contributed by atoms with E-state index in [4.69, 9.17) is 4.74 Å². The Morgan fingerprint density at radius 3 is 2.81 bits per heavy atom. The highest BCUT2D eigenvalue weighted by molar-refractivity contribution is 5.34. The second-order valence-electron chi connectivity index (χ2n) is 3.38. The fourth-order valence-electron chi connectivity index (χ4n) is 1.21. The third-order valence-corrected chi connectivity index (χ3v) is 2.04. The van der Waals surface area contributed by atoms with E-state index < -0.39 is 0 Å². The van der Waals surface area contributed by atoms with E-state index in [2.05, 4.69) is 20.4 Å². The molecule has 0 radical (unpaired) electrons. The Morgan fingerprint density at radius 1 is 1.38 bits per heavy atom. The molecular weight excluding hydrogens is 206 g/mol. The first-order chi connectivity index (χ1) is 7.69. The van der Waals surface area contributed by atoms with Crippen LogP contribution >= 0.6 is 0 Å². The summed E-state index contributed by atoms with van der Waals surface area (Å²) in [6.07, 6.45) is 5.13. The molecule has 2 heterocycles. The molecule has 1 N–H and O–H groups in total. The summed E-state index contributed by atoms with van der Waals surface area (Å²) in [6, 6.07) is 0. The molecule has 0 aromatic carbocycles. The van der Waals surface area contributed by atoms with Crippen molar-refractivity contribution < 1.29 is 4.74 Å². The van der Waals surface area contributed by atoms with Gasteiger partial charge in [0, 0.05) is 25.9 Å². The quantitative estimate of drug-likeness (QED) is 0.844. The average molecular weight is 219 g/mol. The molecular formula is C10H13N5O. The van der Waals surface area contributed by atoms with E-state index >= 15 is 0 Å². The van der Waals surface area contributed by atoms with Gasteiger partial charge in [-0.15, -0.1) is 0 Å². The summed E-state index contributed by atoms with van der Waals surface area (Å²) in [6.45, 7) is 1.89. The third-order valence-electron chi connectivity index (χ3n) is 2.04. The van der Waals surface area contributed by atoms with E-state index in [1.54, 1.807) is 30.3 Å². The molecule has 6 heteroatoms. The van der Waals surface area contributed by atoms with E-state index in [0.717, 1.165) is 5.56 Å². The van der Waals surface area contributed by atoms with Crippen molar-refractivity contribution in [1.82, 2.24) is 19.7 Å². The van der Waals surface area contributed by atoms with Gasteiger partial charge in [-0.2, -0.15) is 10.1 Å². The van der Waals surface area contributed by atoms with E-state index in [-0.39, 0.29) is 0 Å². The zero-order valence-corrected chi connectivity index (χ0v) is 9.43. The molecule has 0 spiro atoms. The van der Waals surface area contributed by atoms with Crippen LogP contribution in [-0.2, 0) is 7.05 Å². The van der Waals surface area contributed by atoms with Gasteiger partial charge >= 0.3 is 0 Å². The summed E-state index contributed by atoms with van der Waals surface area (Å²) in [4.78, 5) is 8.30. The fraction of sp³-hybridized carbons (Fsp3) is 0.300. The number of hydrogen-bond donors (Lipinski definition) is 1. The maximum Gasteiger partial charge on any atom is 0.227 e. The van der Waals surface area contributed by atoms with Crippen molar-refractivity contribution in [2.45, 2.75) is 6.92 Å². The Bertz CT molecular complexity index is 494. The first kappa shape index (κ1) is 10.4. The second kappa shape index (κ2) is 4.18. The van der Waals surface area contributed by atoms with Crippen molar-refractivity contribution in [3.63, 3.8) is 0 Å². The molecule has 6 nitrogen and oxygen atoms in total. The van der Waals surface area contributed by atoms with Gasteiger partial charge in [0.25, 0.3) is 0 Å². The highest BCUT2D eigenvalue weighted by Crippen LogP contribution is 2.22. The van der Waals surface area contributed by atoms with E-state index in [9.17, 15) is 0 Å². The zero-order chi connectivity index (χ0) is 11.5. The van der Waals surface area contributed by atoms with Crippen molar-refractivity contribution in [1.29, 1.82) is 0 Å². The van der Waals surface area contributed by atoms with Gasteiger partial charge in [-0.25, -0.2) is 4.98 Å². The summed E-state index contributed by atoms with van der Waals surface area (Å²) in [7, 11) is 3.59. The van der Waals surface area contributed by atoms with Gasteiger partial charge < -0.3 is 10.1 Å². The summed E-state index contributed by atoms with van der Waals surface area (Å²) in [5.41, 5.74) is 0.878. The Kier molecular flexibility index (Phi) is 2.72. The lowest BCUT2D eigenvalue weighted by atomic mass is 10.4. The van der Waals surface area contributed by atoms with Gasteiger partial charge in [0.15, 0.2) is 5.75 Å². The van der Waals surface area contributed by atoms with Gasteiger partial charge in [0.2, 0.25) is 11.8 Å². The number of ether oxygens (including phenoxy) is 1. The van der Waals surface area contributed by atoms with Crippen LogP contribution in [0.1, 0.15) is 5.56 Å². The SMILES string of the molecule is CNc1ncc(C)c(Oc2cnn(C)c2)n1. The number of rotatable bonds is 3. The van der Waals surface area contributed by atoms with E-state index in [1.165, 1.54) is 0 Å². The first-order valence-electron chi connectivity index (χ1n) is 4.87. The van der Waals surface area contributed by atoms with Gasteiger partial charge in [0.05, 0.1) is 12.4 Å². The molecule has 0 saturated carbocycles. The van der Waals surface area contributed by atoms with Crippen LogP contribution in [-0.4, -0.2) is 26.8 Å². The molecule has 2 rings (SSSR count). The lowest BCUT2D eigenvalue weighted by molar-refractivity contribution is 0.457. The molecule has 0 aliphatic carbocycles. The standard InChI is InChI=1S/C10H13N5O/c1-7-4-12-10(11-2)14-9(7)16-8-5-13-15(3)6-8/h4-6H,1-3H3,(H,11,12,14). The summed E-state index contributed by atoms with van der Waals surface area (Å²) < 4.78 is 7.27. The summed E-state index contributed by atoms with van der Waals surface area (Å²) in [5.74, 6) is 1.73. The molecule has 0 unspecified atom stereocenters. The minimum atomic E-state index is 0.532. The Balaban J connectivity index is 2.26. The zero-order valence-electron chi connectivity index (χ0n) is 9.43. The predicted molar refractivity (Wildman–Crippen MR) is 59.6 cm³/mol. The monoisotopic (exact) mass is 219 g/mol. The van der Waals surface area contributed by atoms with Crippen LogP contribution in [0.5, 0.6) is 11.6 Å². The van der Waals surface area contributed by atoms with Crippen molar-refractivity contribution in [2.75, 3.05) is 12.4 Å². The molecule has 2 aromatic heterocycles. The fourth-order valence-corrected chi connectivity index (χ4v) is 1.21. The lowest BCUT2D eigenvalue weighted by Gasteiger charge is -2.06. The van der Waals surface area contributed by atoms with Gasteiger partial charge in [-0.1, -0.05) is 0 Å². The highest BCUT2D eigenvalue weighted by Gasteiger charge is 2.06. The van der Waals surface area contributed by atoms with Crippen molar-refractivity contribution in [3.05, 3.63) is 24.2 Å². The van der Waals surface area contributed by atoms with Crippen molar-refractivity contribution in [2.24, 2.45) is 7.05 Å². The number of hydrogen-bond acceptors (Lipinski definition) is 5. The Labute approximate surface area is 93.3 Å². The van der Waals surface area contributed by atoms with Crippen LogP contribution in [0.25, 0.3) is 0 Å². The molecule has 0 atom stereocenters. The predicted octanol–water partition coefficient (Wildman–Crippen LogP) is 1.35. The van der Waals surface area contributed by atoms with Crippen LogP contribution in [0.2, 0.25) is 0 Å². The van der Waals surface area contributed by atoms with Crippen molar-refractivity contribution in [3.8, 4) is 11.6 Å². The maximum absolute atomic E-state index is 5.60. The third kappa shape index (κ3) is 2.10. The summed E-state index contributed by atoms with van der Waals surface area (Å²) in [5, 5.41) is 6.88. The number of nitrogens with one attached hydrogen (secondary N) is 1. The molecule has 16 heavy (non-hydrogen) atoms. The average Bonchev–Trinajstić information content (AvgIpc) is 2.67. The van der Waals surface area contributed by atoms with Crippen molar-refractivity contribution >= 4 is 5.95 Å². The van der Waals surface area contributed by atoms with Crippen LogP contribution in [0.3, 0.4) is 0 Å². The summed E-state index contributed by atoms with van der Waals surface area (Å²) >= 11 is 0. The largest absolute Gasteiger partial charge is 0.435 e. The smallest absolute Gasteiger partial charge is 0.227 e. The first-order valence-corrected chi connectivity index (χ1v) is 4.87. The van der Waals surface area contributed by atoms with Crippen LogP contribution in [0.15, 0.2) is 18.6 Å². The van der Waals surface area contributed by atoms with E-state index in [1.807, 2.05) is 14.0 Å². The number of nitrogens with zero attached hydrogens (tertiary/aromatic N) is 4. The van der Waals surface area contributed by atoms with Gasteiger partial charge in [-0.05, 0) is 6.92 Å². The highest BCUT2D eigenvalue weighted by atomic mass is 16.5. The number of aryl methyl sites for hydroxylation is 2. The Hall–Kier alpha value is -2.11. The molecule has 0 amide bonds. The molecule has 0 saturated heterocycles. The Morgan fingerprint density at radius 2 is 2.19 bits per heavy atom. The lowest BCUT2D eigenvalue weighted by Crippen LogP contribution is -1.99. The molecule has 2 aromatic rings. The normalized spacial score (nSPS) is 10.2. The maximum atomic E-state index is 5.60. The minimum absolute atomic E-state index is 0.532.